The van der Waals surface area contributed by atoms with Crippen molar-refractivity contribution in [2.24, 2.45) is 5.41 Å². The lowest BCUT2D eigenvalue weighted by Crippen LogP contribution is -2.55. The molecule has 2 atom stereocenters. The molecule has 8 heteroatoms. The predicted molar refractivity (Wildman–Crippen MR) is 130 cm³/mol. The summed E-state index contributed by atoms with van der Waals surface area (Å²) in [5, 5.41) is 5.46. The Morgan fingerprint density at radius 2 is 1.85 bits per heavy atom. The zero-order valence-corrected chi connectivity index (χ0v) is 19.4. The smallest absolute Gasteiger partial charge is 0.231 e. The molecule has 1 amide bonds. The van der Waals surface area contributed by atoms with Crippen LogP contribution in [0.2, 0.25) is 5.02 Å². The van der Waals surface area contributed by atoms with Gasteiger partial charge in [-0.3, -0.25) is 4.79 Å². The number of carbonyl (C=O) groups is 1. The number of nitrogens with zero attached hydrogens (tertiary/aromatic N) is 4. The van der Waals surface area contributed by atoms with E-state index in [-0.39, 0.29) is 23.3 Å². The Hall–Kier alpha value is -2.64. The zero-order valence-electron chi connectivity index (χ0n) is 18.6. The number of benzene rings is 1. The lowest BCUT2D eigenvalue weighted by atomic mass is 9.60. The first-order valence-corrected chi connectivity index (χ1v) is 12.3. The highest BCUT2D eigenvalue weighted by Gasteiger charge is 2.52. The Labute approximate surface area is 198 Å². The first-order valence-electron chi connectivity index (χ1n) is 12.0. The van der Waals surface area contributed by atoms with E-state index in [0.29, 0.717) is 18.1 Å². The second kappa shape index (κ2) is 8.29. The van der Waals surface area contributed by atoms with Crippen molar-refractivity contribution in [2.45, 2.75) is 37.6 Å². The third-order valence-electron chi connectivity index (χ3n) is 8.05. The maximum atomic E-state index is 14.0. The van der Waals surface area contributed by atoms with E-state index in [2.05, 4.69) is 30.1 Å². The van der Waals surface area contributed by atoms with Gasteiger partial charge in [0.25, 0.3) is 0 Å². The van der Waals surface area contributed by atoms with Crippen molar-refractivity contribution in [3.63, 3.8) is 0 Å². The van der Waals surface area contributed by atoms with Gasteiger partial charge >= 0.3 is 0 Å². The number of fused-ring (bicyclic) bond motifs is 1. The summed E-state index contributed by atoms with van der Waals surface area (Å²) in [5.41, 5.74) is 2.18. The van der Waals surface area contributed by atoms with Gasteiger partial charge in [-0.15, -0.1) is 0 Å². The Morgan fingerprint density at radius 1 is 1.06 bits per heavy atom. The lowest BCUT2D eigenvalue weighted by Gasteiger charge is -2.47. The van der Waals surface area contributed by atoms with E-state index < -0.39 is 0 Å². The molecule has 172 valence electrons. The topological polar surface area (TPSA) is 77.2 Å². The highest BCUT2D eigenvalue weighted by molar-refractivity contribution is 6.30. The largest absolute Gasteiger partial charge is 0.352 e. The molecule has 4 heterocycles. The molecule has 1 aromatic carbocycles. The molecule has 0 bridgehead atoms. The van der Waals surface area contributed by atoms with Crippen LogP contribution in [0.25, 0.3) is 11.0 Å². The van der Waals surface area contributed by atoms with Crippen molar-refractivity contribution in [1.29, 1.82) is 0 Å². The van der Waals surface area contributed by atoms with Gasteiger partial charge in [-0.1, -0.05) is 30.2 Å². The van der Waals surface area contributed by atoms with Crippen LogP contribution in [-0.4, -0.2) is 64.5 Å². The monoisotopic (exact) mass is 464 g/mol. The number of nitrogens with one attached hydrogen (secondary N) is 2. The first kappa shape index (κ1) is 20.9. The van der Waals surface area contributed by atoms with Gasteiger partial charge in [0, 0.05) is 43.4 Å². The van der Waals surface area contributed by atoms with Crippen LogP contribution in [0.15, 0.2) is 42.9 Å². The molecule has 1 spiro atoms. The summed E-state index contributed by atoms with van der Waals surface area (Å²) in [4.78, 5) is 30.3. The summed E-state index contributed by atoms with van der Waals surface area (Å²) in [6.07, 6.45) is 8.37. The number of hydrogen-bond donors (Lipinski definition) is 2. The minimum absolute atomic E-state index is 0.174. The van der Waals surface area contributed by atoms with Gasteiger partial charge in [0.05, 0.1) is 11.3 Å². The molecule has 0 unspecified atom stereocenters. The average molecular weight is 465 g/mol. The van der Waals surface area contributed by atoms with Gasteiger partial charge in [0.15, 0.2) is 0 Å². The second-order valence-corrected chi connectivity index (χ2v) is 10.1. The van der Waals surface area contributed by atoms with Crippen LogP contribution in [0.5, 0.6) is 0 Å². The van der Waals surface area contributed by atoms with Crippen LogP contribution in [-0.2, 0) is 4.79 Å². The van der Waals surface area contributed by atoms with Crippen LogP contribution >= 0.6 is 11.6 Å². The number of piperazine rings is 1. The maximum absolute atomic E-state index is 14.0. The van der Waals surface area contributed by atoms with Gasteiger partial charge in [-0.05, 0) is 55.0 Å². The summed E-state index contributed by atoms with van der Waals surface area (Å²) in [6, 6.07) is 10.1. The molecule has 3 fully saturated rings. The van der Waals surface area contributed by atoms with E-state index in [1.165, 1.54) is 25.7 Å². The predicted octanol–water partition coefficient (Wildman–Crippen LogP) is 3.58. The number of hydrogen-bond acceptors (Lipinski definition) is 5. The summed E-state index contributed by atoms with van der Waals surface area (Å²) in [5.74, 6) is 0.998. The van der Waals surface area contributed by atoms with Gasteiger partial charge in [-0.2, -0.15) is 0 Å². The summed E-state index contributed by atoms with van der Waals surface area (Å²) in [7, 11) is 0. The fraction of sp³-hybridized carbons (Fsp3) is 0.480. The molecule has 2 aromatic heterocycles. The molecule has 1 saturated carbocycles. The molecular weight excluding hydrogens is 436 g/mol. The number of H-pyrrole nitrogens is 1. The molecule has 2 aliphatic heterocycles. The SMILES string of the molecule is O=C([C@@H](c1ccc(Cl)cc1)[C@H]1NCCC12CCC2)N1CCN(c2ncnc3[nH]ccc23)CC1. The molecule has 2 N–H and O–H groups in total. The van der Waals surface area contributed by atoms with Crippen molar-refractivity contribution in [3.8, 4) is 0 Å². The van der Waals surface area contributed by atoms with E-state index in [0.717, 1.165) is 42.0 Å². The Bertz CT molecular complexity index is 1150. The summed E-state index contributed by atoms with van der Waals surface area (Å²) < 4.78 is 0. The molecule has 6 rings (SSSR count). The molecule has 2 saturated heterocycles. The van der Waals surface area contributed by atoms with E-state index >= 15 is 0 Å². The molecule has 3 aromatic rings. The number of aromatic amines is 1. The number of halogens is 1. The zero-order chi connectivity index (χ0) is 22.4. The van der Waals surface area contributed by atoms with E-state index in [9.17, 15) is 4.79 Å². The Balaban J connectivity index is 1.24. The van der Waals surface area contributed by atoms with Crippen molar-refractivity contribution >= 4 is 34.4 Å². The van der Waals surface area contributed by atoms with Crippen molar-refractivity contribution < 1.29 is 4.79 Å². The number of carbonyl (C=O) groups excluding carboxylic acids is 1. The fourth-order valence-corrected chi connectivity index (χ4v) is 6.23. The molecule has 1 aliphatic carbocycles. The second-order valence-electron chi connectivity index (χ2n) is 9.68. The summed E-state index contributed by atoms with van der Waals surface area (Å²) in [6.45, 7) is 3.91. The number of rotatable bonds is 4. The van der Waals surface area contributed by atoms with E-state index in [1.807, 2.05) is 36.5 Å². The Morgan fingerprint density at radius 3 is 2.58 bits per heavy atom. The van der Waals surface area contributed by atoms with E-state index in [1.54, 1.807) is 6.33 Å². The number of anilines is 1. The first-order chi connectivity index (χ1) is 16.1. The third kappa shape index (κ3) is 3.58. The van der Waals surface area contributed by atoms with Crippen molar-refractivity contribution in [2.75, 3.05) is 37.6 Å². The van der Waals surface area contributed by atoms with Gasteiger partial charge in [-0.25, -0.2) is 9.97 Å². The molecule has 3 aliphatic rings. The average Bonchev–Trinajstić information content (AvgIpc) is 3.48. The number of amides is 1. The molecule has 0 radical (unpaired) electrons. The number of aromatic nitrogens is 3. The standard InChI is InChI=1S/C25H29ClN6O/c26-18-4-2-17(3-5-18)20(21-25(7-1-8-25)9-11-27-21)24(33)32-14-12-31(13-15-32)23-19-6-10-28-22(19)29-16-30-23/h2-6,10,16,20-21,27H,1,7-9,11-15H2,(H,28,29,30)/t20-,21+/m0/s1. The fourth-order valence-electron chi connectivity index (χ4n) is 6.11. The van der Waals surface area contributed by atoms with Crippen LogP contribution in [0, 0.1) is 5.41 Å². The lowest BCUT2D eigenvalue weighted by molar-refractivity contribution is -0.135. The van der Waals surface area contributed by atoms with Gasteiger partial charge < -0.3 is 20.1 Å². The molecule has 7 nitrogen and oxygen atoms in total. The minimum atomic E-state index is -0.174. The van der Waals surface area contributed by atoms with Gasteiger partial charge in [0.2, 0.25) is 5.91 Å². The summed E-state index contributed by atoms with van der Waals surface area (Å²) >= 11 is 6.18. The highest BCUT2D eigenvalue weighted by Crippen LogP contribution is 2.53. The molecular formula is C25H29ClN6O. The highest BCUT2D eigenvalue weighted by atomic mass is 35.5. The van der Waals surface area contributed by atoms with Crippen LogP contribution in [0.1, 0.15) is 37.2 Å². The molecule has 33 heavy (non-hydrogen) atoms. The van der Waals surface area contributed by atoms with Gasteiger partial charge in [0.1, 0.15) is 17.8 Å². The van der Waals surface area contributed by atoms with Crippen LogP contribution < -0.4 is 10.2 Å². The quantitative estimate of drug-likeness (QED) is 0.617. The Kier molecular flexibility index (Phi) is 5.26. The third-order valence-corrected chi connectivity index (χ3v) is 8.30. The maximum Gasteiger partial charge on any atom is 0.231 e. The van der Waals surface area contributed by atoms with Crippen molar-refractivity contribution in [3.05, 3.63) is 53.4 Å². The van der Waals surface area contributed by atoms with Crippen molar-refractivity contribution in [1.82, 2.24) is 25.2 Å². The van der Waals surface area contributed by atoms with E-state index in [4.69, 9.17) is 11.6 Å². The van der Waals surface area contributed by atoms with Crippen LogP contribution in [0.4, 0.5) is 5.82 Å². The minimum Gasteiger partial charge on any atom is -0.352 e. The normalized spacial score (nSPS) is 23.1. The van der Waals surface area contributed by atoms with Crippen LogP contribution in [0.3, 0.4) is 0 Å².